The first-order valence-corrected chi connectivity index (χ1v) is 9.15. The van der Waals surface area contributed by atoms with E-state index in [1.54, 1.807) is 29.1 Å². The lowest BCUT2D eigenvalue weighted by atomic mass is 9.83. The van der Waals surface area contributed by atoms with Crippen LogP contribution in [0.4, 0.5) is 0 Å². The molecule has 3 rings (SSSR count). The van der Waals surface area contributed by atoms with Crippen molar-refractivity contribution < 1.29 is 8.42 Å². The maximum Gasteiger partial charge on any atom is 0.208 e. The SMILES string of the molecule is CNC[C@@H]1CCCc2cc(S(=O)(=O)c3ccn(C)c3)ccc21. The lowest BCUT2D eigenvalue weighted by molar-refractivity contribution is 0.527. The van der Waals surface area contributed by atoms with E-state index in [1.165, 1.54) is 17.5 Å². The van der Waals surface area contributed by atoms with Gasteiger partial charge >= 0.3 is 0 Å². The molecule has 22 heavy (non-hydrogen) atoms. The molecule has 0 saturated heterocycles. The summed E-state index contributed by atoms with van der Waals surface area (Å²) in [7, 11) is 0.371. The fraction of sp³-hybridized carbons (Fsp3) is 0.412. The van der Waals surface area contributed by atoms with Gasteiger partial charge in [0.15, 0.2) is 0 Å². The van der Waals surface area contributed by atoms with Gasteiger partial charge in [0, 0.05) is 26.0 Å². The maximum absolute atomic E-state index is 12.7. The molecule has 5 heteroatoms. The Morgan fingerprint density at radius 1 is 1.27 bits per heavy atom. The quantitative estimate of drug-likeness (QED) is 0.942. The van der Waals surface area contributed by atoms with E-state index < -0.39 is 9.84 Å². The summed E-state index contributed by atoms with van der Waals surface area (Å²) in [6.07, 6.45) is 6.66. The van der Waals surface area contributed by atoms with Crippen molar-refractivity contribution in [2.45, 2.75) is 35.0 Å². The fourth-order valence-electron chi connectivity index (χ4n) is 3.29. The predicted molar refractivity (Wildman–Crippen MR) is 86.9 cm³/mol. The first kappa shape index (κ1) is 15.3. The molecule has 0 fully saturated rings. The van der Waals surface area contributed by atoms with Crippen LogP contribution in [0.25, 0.3) is 0 Å². The van der Waals surface area contributed by atoms with Crippen molar-refractivity contribution in [1.82, 2.24) is 9.88 Å². The zero-order valence-corrected chi connectivity index (χ0v) is 13.9. The third-order valence-corrected chi connectivity index (χ3v) is 6.17. The smallest absolute Gasteiger partial charge is 0.208 e. The molecule has 1 aliphatic rings. The van der Waals surface area contributed by atoms with Crippen LogP contribution in [0.5, 0.6) is 0 Å². The highest BCUT2D eigenvalue weighted by molar-refractivity contribution is 7.91. The molecule has 1 N–H and O–H groups in total. The second-order valence-corrected chi connectivity index (χ2v) is 7.97. The molecule has 0 spiro atoms. The Kier molecular flexibility index (Phi) is 4.10. The molecule has 4 nitrogen and oxygen atoms in total. The van der Waals surface area contributed by atoms with Crippen LogP contribution in [-0.4, -0.2) is 26.6 Å². The minimum Gasteiger partial charge on any atom is -0.356 e. The monoisotopic (exact) mass is 318 g/mol. The highest BCUT2D eigenvalue weighted by Crippen LogP contribution is 2.33. The minimum atomic E-state index is -3.42. The summed E-state index contributed by atoms with van der Waals surface area (Å²) >= 11 is 0. The lowest BCUT2D eigenvalue weighted by Gasteiger charge is -2.25. The van der Waals surface area contributed by atoms with Gasteiger partial charge in [-0.3, -0.25) is 0 Å². The van der Waals surface area contributed by atoms with Crippen molar-refractivity contribution in [2.24, 2.45) is 7.05 Å². The molecule has 1 aromatic heterocycles. The van der Waals surface area contributed by atoms with E-state index in [4.69, 9.17) is 0 Å². The van der Waals surface area contributed by atoms with E-state index in [2.05, 4.69) is 5.32 Å². The first-order valence-electron chi connectivity index (χ1n) is 7.67. The fourth-order valence-corrected chi connectivity index (χ4v) is 4.65. The van der Waals surface area contributed by atoms with Gasteiger partial charge in [-0.15, -0.1) is 0 Å². The highest BCUT2D eigenvalue weighted by atomic mass is 32.2. The number of fused-ring (bicyclic) bond motifs is 1. The second kappa shape index (κ2) is 5.89. The minimum absolute atomic E-state index is 0.359. The number of rotatable bonds is 4. The van der Waals surface area contributed by atoms with E-state index in [0.717, 1.165) is 19.4 Å². The topological polar surface area (TPSA) is 51.1 Å². The summed E-state index contributed by atoms with van der Waals surface area (Å²) in [6.45, 7) is 0.942. The number of benzene rings is 1. The first-order chi connectivity index (χ1) is 10.5. The molecule has 1 atom stereocenters. The summed E-state index contributed by atoms with van der Waals surface area (Å²) in [5, 5.41) is 3.23. The summed E-state index contributed by atoms with van der Waals surface area (Å²) in [4.78, 5) is 0.764. The molecule has 2 aromatic rings. The standard InChI is InChI=1S/C17H22N2O2S/c1-18-11-14-5-3-4-13-10-15(6-7-17(13)14)22(20,21)16-8-9-19(2)12-16/h6-10,12,14,18H,3-5,11H2,1-2H3/t14-/m0/s1. The van der Waals surface area contributed by atoms with E-state index in [-0.39, 0.29) is 0 Å². The molecule has 118 valence electrons. The molecule has 0 amide bonds. The van der Waals surface area contributed by atoms with Gasteiger partial charge in [-0.1, -0.05) is 6.07 Å². The van der Waals surface area contributed by atoms with Crippen LogP contribution in [0.15, 0.2) is 46.5 Å². The Morgan fingerprint density at radius 2 is 2.09 bits per heavy atom. The van der Waals surface area contributed by atoms with E-state index >= 15 is 0 Å². The number of nitrogens with one attached hydrogen (secondary N) is 1. The second-order valence-electron chi connectivity index (χ2n) is 6.02. The van der Waals surface area contributed by atoms with E-state index in [0.29, 0.717) is 15.7 Å². The average Bonchev–Trinajstić information content (AvgIpc) is 2.95. The van der Waals surface area contributed by atoms with Crippen LogP contribution in [-0.2, 0) is 23.3 Å². The number of likely N-dealkylation sites (N-methyl/N-ethyl adjacent to an activating group) is 1. The Hall–Kier alpha value is -1.59. The van der Waals surface area contributed by atoms with Gasteiger partial charge in [0.1, 0.15) is 0 Å². The van der Waals surface area contributed by atoms with Crippen LogP contribution >= 0.6 is 0 Å². The molecular formula is C17H22N2O2S. The Bertz CT molecular complexity index is 778. The summed E-state index contributed by atoms with van der Waals surface area (Å²) in [5.41, 5.74) is 2.48. The van der Waals surface area contributed by atoms with Crippen molar-refractivity contribution in [3.05, 3.63) is 47.8 Å². The van der Waals surface area contributed by atoms with Crippen LogP contribution < -0.4 is 5.32 Å². The molecule has 1 heterocycles. The van der Waals surface area contributed by atoms with Crippen molar-refractivity contribution in [1.29, 1.82) is 0 Å². The highest BCUT2D eigenvalue weighted by Gasteiger charge is 2.24. The largest absolute Gasteiger partial charge is 0.356 e. The van der Waals surface area contributed by atoms with Crippen LogP contribution in [0.1, 0.15) is 29.9 Å². The average molecular weight is 318 g/mol. The van der Waals surface area contributed by atoms with Crippen molar-refractivity contribution in [2.75, 3.05) is 13.6 Å². The van der Waals surface area contributed by atoms with Gasteiger partial charge < -0.3 is 9.88 Å². The molecular weight excluding hydrogens is 296 g/mol. The summed E-state index contributed by atoms with van der Waals surface area (Å²) < 4.78 is 27.2. The molecule has 1 aliphatic carbocycles. The maximum atomic E-state index is 12.7. The van der Waals surface area contributed by atoms with Crippen molar-refractivity contribution in [3.8, 4) is 0 Å². The van der Waals surface area contributed by atoms with Gasteiger partial charge in [0.25, 0.3) is 0 Å². The van der Waals surface area contributed by atoms with Crippen LogP contribution in [0.2, 0.25) is 0 Å². The van der Waals surface area contributed by atoms with Gasteiger partial charge in [-0.2, -0.15) is 0 Å². The van der Waals surface area contributed by atoms with Gasteiger partial charge in [-0.05, 0) is 61.6 Å². The number of sulfone groups is 1. The molecule has 0 saturated carbocycles. The van der Waals surface area contributed by atoms with Crippen molar-refractivity contribution >= 4 is 9.84 Å². The van der Waals surface area contributed by atoms with E-state index in [9.17, 15) is 8.42 Å². The van der Waals surface area contributed by atoms with Gasteiger partial charge in [0.05, 0.1) is 9.79 Å². The summed E-state index contributed by atoms with van der Waals surface area (Å²) in [6, 6.07) is 7.29. The number of hydrogen-bond acceptors (Lipinski definition) is 3. The van der Waals surface area contributed by atoms with Crippen molar-refractivity contribution in [3.63, 3.8) is 0 Å². The Balaban J connectivity index is 2.00. The number of aromatic nitrogens is 1. The molecule has 1 aromatic carbocycles. The lowest BCUT2D eigenvalue weighted by Crippen LogP contribution is -2.21. The van der Waals surface area contributed by atoms with Crippen LogP contribution in [0, 0.1) is 0 Å². The summed E-state index contributed by atoms with van der Waals surface area (Å²) in [5.74, 6) is 0.488. The predicted octanol–water partition coefficient (Wildman–Crippen LogP) is 2.50. The molecule has 0 aliphatic heterocycles. The Morgan fingerprint density at radius 3 is 2.77 bits per heavy atom. The number of aryl methyl sites for hydroxylation is 2. The zero-order valence-electron chi connectivity index (χ0n) is 13.0. The third kappa shape index (κ3) is 2.71. The molecule has 0 bridgehead atoms. The molecule has 0 unspecified atom stereocenters. The molecule has 0 radical (unpaired) electrons. The van der Waals surface area contributed by atoms with Gasteiger partial charge in [-0.25, -0.2) is 8.42 Å². The third-order valence-electron chi connectivity index (χ3n) is 4.43. The van der Waals surface area contributed by atoms with Crippen LogP contribution in [0.3, 0.4) is 0 Å². The number of nitrogens with zero attached hydrogens (tertiary/aromatic N) is 1. The Labute approximate surface area is 132 Å². The normalized spacial score (nSPS) is 18.2. The van der Waals surface area contributed by atoms with Gasteiger partial charge in [0.2, 0.25) is 9.84 Å². The number of hydrogen-bond donors (Lipinski definition) is 1. The van der Waals surface area contributed by atoms with E-state index in [1.807, 2.05) is 26.2 Å². The zero-order chi connectivity index (χ0) is 15.7.